The predicted molar refractivity (Wildman–Crippen MR) is 44.6 cm³/mol. The quantitative estimate of drug-likeness (QED) is 0.577. The molecule has 0 aromatic carbocycles. The number of hydrogen-bond acceptors (Lipinski definition) is 4. The minimum atomic E-state index is 0.669. The summed E-state index contributed by atoms with van der Waals surface area (Å²) in [6.07, 6.45) is 1.73. The average Bonchev–Trinajstić information content (AvgIpc) is 2.04. The number of hydrogen-bond donors (Lipinski definition) is 0. The van der Waals surface area contributed by atoms with Crippen molar-refractivity contribution >= 4 is 11.0 Å². The van der Waals surface area contributed by atoms with Crippen LogP contribution in [0.5, 0.6) is 0 Å². The van der Waals surface area contributed by atoms with Gasteiger partial charge in [0.25, 0.3) is 0 Å². The van der Waals surface area contributed by atoms with E-state index in [0.717, 1.165) is 16.6 Å². The van der Waals surface area contributed by atoms with Crippen LogP contribution < -0.4 is 0 Å². The lowest BCUT2D eigenvalue weighted by molar-refractivity contribution is 0.860. The summed E-state index contributed by atoms with van der Waals surface area (Å²) in [5.41, 5.74) is 2.69. The van der Waals surface area contributed by atoms with Crippen molar-refractivity contribution in [3.8, 4) is 0 Å². The van der Waals surface area contributed by atoms with Gasteiger partial charge in [-0.3, -0.25) is 0 Å². The molecule has 0 radical (unpaired) electrons. The van der Waals surface area contributed by atoms with Gasteiger partial charge in [0, 0.05) is 11.6 Å². The number of rotatable bonds is 0. The second kappa shape index (κ2) is 2.48. The zero-order valence-corrected chi connectivity index (χ0v) is 6.94. The summed E-state index contributed by atoms with van der Waals surface area (Å²) in [6.45, 7) is 3.92. The Hall–Kier alpha value is -1.58. The van der Waals surface area contributed by atoms with Crippen LogP contribution in [0.4, 0.5) is 0 Å². The Kier molecular flexibility index (Phi) is 1.46. The zero-order valence-electron chi connectivity index (χ0n) is 6.94. The van der Waals surface area contributed by atoms with Crippen molar-refractivity contribution < 1.29 is 0 Å². The summed E-state index contributed by atoms with van der Waals surface area (Å²) < 4.78 is 0. The van der Waals surface area contributed by atoms with Gasteiger partial charge in [-0.05, 0) is 30.7 Å². The first-order chi connectivity index (χ1) is 5.79. The van der Waals surface area contributed by atoms with Crippen molar-refractivity contribution in [2.24, 2.45) is 0 Å². The topological polar surface area (TPSA) is 51.6 Å². The van der Waals surface area contributed by atoms with Gasteiger partial charge in [-0.2, -0.15) is 0 Å². The number of nitrogens with zero attached hydrogens (tertiary/aromatic N) is 4. The van der Waals surface area contributed by atoms with Crippen LogP contribution in [0.2, 0.25) is 0 Å². The van der Waals surface area contributed by atoms with E-state index in [1.54, 1.807) is 6.20 Å². The van der Waals surface area contributed by atoms with Crippen molar-refractivity contribution in [1.82, 2.24) is 20.4 Å². The molecule has 2 rings (SSSR count). The van der Waals surface area contributed by atoms with Gasteiger partial charge in [0.05, 0.1) is 5.69 Å². The first-order valence-corrected chi connectivity index (χ1v) is 3.70. The lowest BCUT2D eigenvalue weighted by Gasteiger charge is -1.99. The lowest BCUT2D eigenvalue weighted by Crippen LogP contribution is -1.96. The molecule has 0 spiro atoms. The van der Waals surface area contributed by atoms with Gasteiger partial charge >= 0.3 is 0 Å². The summed E-state index contributed by atoms with van der Waals surface area (Å²) in [6, 6.07) is 1.94. The van der Waals surface area contributed by atoms with Crippen LogP contribution in [0.3, 0.4) is 0 Å². The second-order valence-corrected chi connectivity index (χ2v) is 2.70. The van der Waals surface area contributed by atoms with E-state index in [2.05, 4.69) is 20.4 Å². The minimum absolute atomic E-state index is 0.669. The van der Waals surface area contributed by atoms with Crippen LogP contribution in [-0.4, -0.2) is 20.4 Å². The smallest absolute Gasteiger partial charge is 0.185 e. The van der Waals surface area contributed by atoms with E-state index in [4.69, 9.17) is 0 Å². The average molecular weight is 160 g/mol. The fraction of sp³-hybridized carbons (Fsp3) is 0.250. The van der Waals surface area contributed by atoms with Crippen LogP contribution in [0.15, 0.2) is 12.3 Å². The van der Waals surface area contributed by atoms with Gasteiger partial charge < -0.3 is 0 Å². The van der Waals surface area contributed by atoms with Crippen LogP contribution in [-0.2, 0) is 0 Å². The standard InChI is InChI=1S/C8H8N4/c1-5-3-4-9-8-7(5)6(2)10-12-11-8/h3-4H,1-2H3. The highest BCUT2D eigenvalue weighted by Gasteiger charge is 2.02. The molecular weight excluding hydrogens is 152 g/mol. The SMILES string of the molecule is Cc1ccnc2nnnc(C)c12. The molecule has 0 aliphatic heterocycles. The van der Waals surface area contributed by atoms with Crippen molar-refractivity contribution in [2.75, 3.05) is 0 Å². The van der Waals surface area contributed by atoms with Crippen LogP contribution in [0.25, 0.3) is 11.0 Å². The monoisotopic (exact) mass is 160 g/mol. The molecule has 0 N–H and O–H groups in total. The molecule has 2 heterocycles. The molecule has 0 saturated carbocycles. The Morgan fingerprint density at radius 1 is 1.17 bits per heavy atom. The molecule has 60 valence electrons. The van der Waals surface area contributed by atoms with Crippen molar-refractivity contribution in [2.45, 2.75) is 13.8 Å². The number of aromatic nitrogens is 4. The maximum atomic E-state index is 4.09. The Bertz CT molecular complexity index is 388. The largest absolute Gasteiger partial charge is 0.235 e. The van der Waals surface area contributed by atoms with Crippen LogP contribution >= 0.6 is 0 Å². The fourth-order valence-electron chi connectivity index (χ4n) is 1.25. The highest BCUT2D eigenvalue weighted by molar-refractivity contribution is 5.79. The number of aryl methyl sites for hydroxylation is 2. The van der Waals surface area contributed by atoms with Gasteiger partial charge in [0.1, 0.15) is 0 Å². The third-order valence-corrected chi connectivity index (χ3v) is 1.84. The molecule has 2 aromatic heterocycles. The van der Waals surface area contributed by atoms with E-state index in [0.29, 0.717) is 5.65 Å². The number of fused-ring (bicyclic) bond motifs is 1. The third-order valence-electron chi connectivity index (χ3n) is 1.84. The Morgan fingerprint density at radius 2 is 2.00 bits per heavy atom. The van der Waals surface area contributed by atoms with E-state index in [1.807, 2.05) is 19.9 Å². The van der Waals surface area contributed by atoms with Gasteiger partial charge in [-0.1, -0.05) is 0 Å². The molecule has 12 heavy (non-hydrogen) atoms. The maximum absolute atomic E-state index is 4.09. The zero-order chi connectivity index (χ0) is 8.55. The van der Waals surface area contributed by atoms with E-state index in [9.17, 15) is 0 Å². The highest BCUT2D eigenvalue weighted by Crippen LogP contribution is 2.14. The van der Waals surface area contributed by atoms with Crippen molar-refractivity contribution in [3.63, 3.8) is 0 Å². The van der Waals surface area contributed by atoms with E-state index in [-0.39, 0.29) is 0 Å². The molecule has 0 bridgehead atoms. The molecule has 0 fully saturated rings. The van der Waals surface area contributed by atoms with Gasteiger partial charge in [-0.25, -0.2) is 4.98 Å². The molecule has 4 heteroatoms. The maximum Gasteiger partial charge on any atom is 0.185 e. The Labute approximate surface area is 69.7 Å². The van der Waals surface area contributed by atoms with Crippen LogP contribution in [0.1, 0.15) is 11.3 Å². The molecule has 4 nitrogen and oxygen atoms in total. The highest BCUT2D eigenvalue weighted by atomic mass is 15.3. The fourth-order valence-corrected chi connectivity index (χ4v) is 1.25. The molecule has 0 aliphatic carbocycles. The molecular formula is C8H8N4. The van der Waals surface area contributed by atoms with Gasteiger partial charge in [0.2, 0.25) is 0 Å². The predicted octanol–water partition coefficient (Wildman–Crippen LogP) is 1.04. The van der Waals surface area contributed by atoms with Crippen molar-refractivity contribution in [1.29, 1.82) is 0 Å². The van der Waals surface area contributed by atoms with E-state index in [1.165, 1.54) is 0 Å². The van der Waals surface area contributed by atoms with Crippen LogP contribution in [0, 0.1) is 13.8 Å². The molecule has 0 amide bonds. The minimum Gasteiger partial charge on any atom is -0.235 e. The Morgan fingerprint density at radius 3 is 2.75 bits per heavy atom. The molecule has 0 atom stereocenters. The Balaban J connectivity index is 2.96. The molecule has 0 saturated heterocycles. The summed E-state index contributed by atoms with van der Waals surface area (Å²) in [5.74, 6) is 0. The van der Waals surface area contributed by atoms with Gasteiger partial charge in [-0.15, -0.1) is 10.2 Å². The molecule has 0 aliphatic rings. The third kappa shape index (κ3) is 0.922. The molecule has 0 unspecified atom stereocenters. The summed E-state index contributed by atoms with van der Waals surface area (Å²) in [4.78, 5) is 4.09. The number of pyridine rings is 1. The van der Waals surface area contributed by atoms with Crippen molar-refractivity contribution in [3.05, 3.63) is 23.5 Å². The normalized spacial score (nSPS) is 10.5. The van der Waals surface area contributed by atoms with E-state index >= 15 is 0 Å². The first kappa shape index (κ1) is 7.09. The molecule has 2 aromatic rings. The second-order valence-electron chi connectivity index (χ2n) is 2.70. The summed E-state index contributed by atoms with van der Waals surface area (Å²) in [5, 5.41) is 12.3. The summed E-state index contributed by atoms with van der Waals surface area (Å²) in [7, 11) is 0. The first-order valence-electron chi connectivity index (χ1n) is 3.70. The van der Waals surface area contributed by atoms with Gasteiger partial charge in [0.15, 0.2) is 5.65 Å². The lowest BCUT2D eigenvalue weighted by atomic mass is 10.2. The van der Waals surface area contributed by atoms with E-state index < -0.39 is 0 Å². The summed E-state index contributed by atoms with van der Waals surface area (Å²) >= 11 is 0.